The van der Waals surface area contributed by atoms with Crippen LogP contribution in [0.3, 0.4) is 0 Å². The van der Waals surface area contributed by atoms with E-state index < -0.39 is 16.1 Å². The monoisotopic (exact) mass is 460 g/mol. The highest BCUT2D eigenvalue weighted by Crippen LogP contribution is 2.30. The van der Waals surface area contributed by atoms with Gasteiger partial charge in [-0.1, -0.05) is 44.2 Å². The van der Waals surface area contributed by atoms with E-state index in [0.717, 1.165) is 5.56 Å². The molecule has 0 bridgehead atoms. The molecule has 2 aromatic rings. The molecular formula is C23H32N4O4S. The SMILES string of the molecule is CCN(CC)S(=O)(=O)c1ccc(N(C)C)c(NC(=O)CC(NC(C)=O)c2ccccc2)c1. The lowest BCUT2D eigenvalue weighted by Crippen LogP contribution is -2.31. The van der Waals surface area contributed by atoms with Crippen molar-refractivity contribution in [1.82, 2.24) is 9.62 Å². The van der Waals surface area contributed by atoms with Gasteiger partial charge in [0.25, 0.3) is 0 Å². The average molecular weight is 461 g/mol. The van der Waals surface area contributed by atoms with E-state index in [1.807, 2.05) is 44.4 Å². The molecule has 8 nitrogen and oxygen atoms in total. The average Bonchev–Trinajstić information content (AvgIpc) is 2.74. The molecule has 0 spiro atoms. The molecule has 0 aliphatic rings. The van der Waals surface area contributed by atoms with Gasteiger partial charge in [0.2, 0.25) is 21.8 Å². The minimum absolute atomic E-state index is 0.00346. The highest BCUT2D eigenvalue weighted by Gasteiger charge is 2.24. The van der Waals surface area contributed by atoms with E-state index in [1.165, 1.54) is 17.3 Å². The van der Waals surface area contributed by atoms with Crippen LogP contribution in [0.5, 0.6) is 0 Å². The van der Waals surface area contributed by atoms with E-state index in [0.29, 0.717) is 24.5 Å². The van der Waals surface area contributed by atoms with Crippen LogP contribution in [0.2, 0.25) is 0 Å². The van der Waals surface area contributed by atoms with Gasteiger partial charge < -0.3 is 15.5 Å². The maximum Gasteiger partial charge on any atom is 0.243 e. The summed E-state index contributed by atoms with van der Waals surface area (Å²) in [6.07, 6.45) is 0.00346. The molecule has 0 saturated carbocycles. The third-order valence-corrected chi connectivity index (χ3v) is 7.08. The van der Waals surface area contributed by atoms with Crippen molar-refractivity contribution in [3.8, 4) is 0 Å². The lowest BCUT2D eigenvalue weighted by atomic mass is 10.0. The van der Waals surface area contributed by atoms with E-state index >= 15 is 0 Å². The molecule has 0 fully saturated rings. The Hall–Kier alpha value is -2.91. The molecule has 2 aromatic carbocycles. The molecule has 2 rings (SSSR count). The number of amides is 2. The van der Waals surface area contributed by atoms with Crippen molar-refractivity contribution in [2.75, 3.05) is 37.4 Å². The number of carbonyl (C=O) groups excluding carboxylic acids is 2. The third kappa shape index (κ3) is 6.30. The zero-order chi connectivity index (χ0) is 23.9. The van der Waals surface area contributed by atoms with Crippen molar-refractivity contribution in [3.63, 3.8) is 0 Å². The lowest BCUT2D eigenvalue weighted by Gasteiger charge is -2.23. The van der Waals surface area contributed by atoms with Crippen LogP contribution in [0, 0.1) is 0 Å². The number of anilines is 2. The largest absolute Gasteiger partial charge is 0.376 e. The van der Waals surface area contributed by atoms with E-state index in [-0.39, 0.29) is 23.1 Å². The number of carbonyl (C=O) groups is 2. The van der Waals surface area contributed by atoms with Crippen LogP contribution in [0.15, 0.2) is 53.4 Å². The van der Waals surface area contributed by atoms with Crippen LogP contribution >= 0.6 is 0 Å². The topological polar surface area (TPSA) is 98.8 Å². The standard InChI is InChI=1S/C23H32N4O4S/c1-6-27(7-2)32(30,31)19-13-14-22(26(4)5)21(15-19)25-23(29)16-20(24-17(3)28)18-11-9-8-10-12-18/h8-15,20H,6-7,16H2,1-5H3,(H,24,28)(H,25,29). The van der Waals surface area contributed by atoms with Crippen LogP contribution in [-0.4, -0.2) is 51.7 Å². The predicted octanol–water partition coefficient (Wildman–Crippen LogP) is 2.99. The van der Waals surface area contributed by atoms with Gasteiger partial charge in [0, 0.05) is 34.1 Å². The van der Waals surface area contributed by atoms with Gasteiger partial charge in [-0.2, -0.15) is 4.31 Å². The van der Waals surface area contributed by atoms with Crippen LogP contribution in [0.25, 0.3) is 0 Å². The minimum atomic E-state index is -3.68. The number of nitrogens with zero attached hydrogens (tertiary/aromatic N) is 2. The van der Waals surface area contributed by atoms with E-state index in [4.69, 9.17) is 0 Å². The number of benzene rings is 2. The first-order chi connectivity index (χ1) is 15.1. The number of hydrogen-bond donors (Lipinski definition) is 2. The van der Waals surface area contributed by atoms with Gasteiger partial charge in [-0.3, -0.25) is 9.59 Å². The summed E-state index contributed by atoms with van der Waals surface area (Å²) in [6.45, 7) is 5.67. The Morgan fingerprint density at radius 1 is 1.00 bits per heavy atom. The fourth-order valence-corrected chi connectivity index (χ4v) is 4.93. The Balaban J connectivity index is 2.35. The Morgan fingerprint density at radius 2 is 1.62 bits per heavy atom. The Morgan fingerprint density at radius 3 is 2.16 bits per heavy atom. The van der Waals surface area contributed by atoms with Crippen LogP contribution in [0.1, 0.15) is 38.8 Å². The molecular weight excluding hydrogens is 428 g/mol. The lowest BCUT2D eigenvalue weighted by molar-refractivity contribution is -0.120. The normalized spacial score (nSPS) is 12.3. The van der Waals surface area contributed by atoms with Crippen molar-refractivity contribution >= 4 is 33.2 Å². The van der Waals surface area contributed by atoms with Crippen LogP contribution < -0.4 is 15.5 Å². The minimum Gasteiger partial charge on any atom is -0.376 e. The third-order valence-electron chi connectivity index (χ3n) is 5.04. The first kappa shape index (κ1) is 25.4. The molecule has 174 valence electrons. The molecule has 2 amide bonds. The maximum absolute atomic E-state index is 12.9. The van der Waals surface area contributed by atoms with Crippen LogP contribution in [-0.2, 0) is 19.6 Å². The van der Waals surface area contributed by atoms with E-state index in [9.17, 15) is 18.0 Å². The molecule has 1 unspecified atom stereocenters. The Kier molecular flexibility index (Phi) is 8.80. The zero-order valence-corrected chi connectivity index (χ0v) is 20.1. The maximum atomic E-state index is 12.9. The van der Waals surface area contributed by atoms with Crippen molar-refractivity contribution in [2.24, 2.45) is 0 Å². The van der Waals surface area contributed by atoms with Crippen molar-refractivity contribution in [2.45, 2.75) is 38.1 Å². The first-order valence-electron chi connectivity index (χ1n) is 10.5. The summed E-state index contributed by atoms with van der Waals surface area (Å²) in [5.74, 6) is -0.582. The highest BCUT2D eigenvalue weighted by atomic mass is 32.2. The summed E-state index contributed by atoms with van der Waals surface area (Å²) in [7, 11) is -0.0511. The van der Waals surface area contributed by atoms with Gasteiger partial charge in [-0.15, -0.1) is 0 Å². The van der Waals surface area contributed by atoms with Gasteiger partial charge >= 0.3 is 0 Å². The molecule has 0 heterocycles. The second-order valence-corrected chi connectivity index (χ2v) is 9.52. The highest BCUT2D eigenvalue weighted by molar-refractivity contribution is 7.89. The van der Waals surface area contributed by atoms with Gasteiger partial charge in [0.05, 0.1) is 28.7 Å². The van der Waals surface area contributed by atoms with Crippen molar-refractivity contribution < 1.29 is 18.0 Å². The molecule has 0 saturated heterocycles. The van der Waals surface area contributed by atoms with Crippen LogP contribution in [0.4, 0.5) is 11.4 Å². The van der Waals surface area contributed by atoms with Crippen molar-refractivity contribution in [1.29, 1.82) is 0 Å². The summed E-state index contributed by atoms with van der Waals surface area (Å²) in [6, 6.07) is 13.4. The molecule has 9 heteroatoms. The number of sulfonamides is 1. The summed E-state index contributed by atoms with van der Waals surface area (Å²) in [4.78, 5) is 26.5. The summed E-state index contributed by atoms with van der Waals surface area (Å²) < 4.78 is 27.3. The smallest absolute Gasteiger partial charge is 0.243 e. The summed E-state index contributed by atoms with van der Waals surface area (Å²) in [5, 5.41) is 5.64. The molecule has 2 N–H and O–H groups in total. The molecule has 0 aliphatic carbocycles. The number of rotatable bonds is 10. The molecule has 0 aromatic heterocycles. The molecule has 0 aliphatic heterocycles. The second-order valence-electron chi connectivity index (χ2n) is 7.58. The summed E-state index contributed by atoms with van der Waals surface area (Å²) in [5.41, 5.74) is 1.87. The molecule has 0 radical (unpaired) electrons. The first-order valence-corrected chi connectivity index (χ1v) is 12.0. The van der Waals surface area contributed by atoms with Gasteiger partial charge in [-0.05, 0) is 23.8 Å². The molecule has 32 heavy (non-hydrogen) atoms. The van der Waals surface area contributed by atoms with Gasteiger partial charge in [0.15, 0.2) is 0 Å². The second kappa shape index (κ2) is 11.1. The number of nitrogens with one attached hydrogen (secondary N) is 2. The van der Waals surface area contributed by atoms with Crippen molar-refractivity contribution in [3.05, 3.63) is 54.1 Å². The predicted molar refractivity (Wildman–Crippen MR) is 127 cm³/mol. The zero-order valence-electron chi connectivity index (χ0n) is 19.3. The molecule has 1 atom stereocenters. The Bertz CT molecular complexity index is 1040. The number of hydrogen-bond acceptors (Lipinski definition) is 5. The summed E-state index contributed by atoms with van der Waals surface area (Å²) >= 11 is 0. The van der Waals surface area contributed by atoms with E-state index in [1.54, 1.807) is 30.9 Å². The van der Waals surface area contributed by atoms with E-state index in [2.05, 4.69) is 10.6 Å². The van der Waals surface area contributed by atoms with Gasteiger partial charge in [-0.25, -0.2) is 8.42 Å². The fourth-order valence-electron chi connectivity index (χ4n) is 3.45. The quantitative estimate of drug-likeness (QED) is 0.568. The Labute approximate surface area is 190 Å². The fraction of sp³-hybridized carbons (Fsp3) is 0.391. The van der Waals surface area contributed by atoms with Gasteiger partial charge in [0.1, 0.15) is 0 Å².